The molecule has 0 amide bonds. The number of sulfonamides is 1. The Bertz CT molecular complexity index is 1360. The SMILES string of the molecule is CC(C)(C)c1ccc(S(=O)(=O)Nc2ccc3[nH]c(C(=O)O)c(-c4ccsc4)c3c2)cc1. The first-order valence-electron chi connectivity index (χ1n) is 9.61. The molecule has 4 aromatic rings. The number of nitrogens with one attached hydrogen (secondary N) is 2. The van der Waals surface area contributed by atoms with Crippen molar-refractivity contribution in [2.75, 3.05) is 4.72 Å². The molecule has 4 rings (SSSR count). The molecule has 160 valence electrons. The van der Waals surface area contributed by atoms with Crippen molar-refractivity contribution in [3.8, 4) is 11.1 Å². The van der Waals surface area contributed by atoms with Crippen LogP contribution in [-0.2, 0) is 15.4 Å². The van der Waals surface area contributed by atoms with Crippen LogP contribution in [0.1, 0.15) is 36.8 Å². The summed E-state index contributed by atoms with van der Waals surface area (Å²) in [5, 5.41) is 14.0. The number of hydrogen-bond acceptors (Lipinski definition) is 4. The van der Waals surface area contributed by atoms with E-state index in [2.05, 4.69) is 30.5 Å². The number of thiophene rings is 1. The summed E-state index contributed by atoms with van der Waals surface area (Å²) in [7, 11) is -3.79. The highest BCUT2D eigenvalue weighted by molar-refractivity contribution is 7.92. The van der Waals surface area contributed by atoms with Crippen molar-refractivity contribution < 1.29 is 18.3 Å². The molecule has 8 heteroatoms. The Hall–Kier alpha value is -3.10. The van der Waals surface area contributed by atoms with Gasteiger partial charge in [-0.2, -0.15) is 11.3 Å². The zero-order valence-electron chi connectivity index (χ0n) is 17.3. The maximum Gasteiger partial charge on any atom is 0.352 e. The smallest absolute Gasteiger partial charge is 0.352 e. The summed E-state index contributed by atoms with van der Waals surface area (Å²) in [4.78, 5) is 14.8. The Morgan fingerprint density at radius 2 is 1.77 bits per heavy atom. The van der Waals surface area contributed by atoms with Gasteiger partial charge in [-0.25, -0.2) is 13.2 Å². The minimum Gasteiger partial charge on any atom is -0.477 e. The molecule has 31 heavy (non-hydrogen) atoms. The number of hydrogen-bond donors (Lipinski definition) is 3. The summed E-state index contributed by atoms with van der Waals surface area (Å²) in [6, 6.07) is 13.6. The molecular weight excluding hydrogens is 432 g/mol. The van der Waals surface area contributed by atoms with Crippen molar-refractivity contribution in [3.63, 3.8) is 0 Å². The lowest BCUT2D eigenvalue weighted by Gasteiger charge is -2.19. The number of aromatic amines is 1. The molecular formula is C23H22N2O4S2. The summed E-state index contributed by atoms with van der Waals surface area (Å²) in [5.74, 6) is -1.07. The first kappa shape index (κ1) is 21.1. The van der Waals surface area contributed by atoms with Crippen molar-refractivity contribution in [1.29, 1.82) is 0 Å². The lowest BCUT2D eigenvalue weighted by Crippen LogP contribution is -2.14. The fourth-order valence-corrected chi connectivity index (χ4v) is 5.17. The average Bonchev–Trinajstić information content (AvgIpc) is 3.34. The van der Waals surface area contributed by atoms with E-state index in [-0.39, 0.29) is 16.0 Å². The van der Waals surface area contributed by atoms with Gasteiger partial charge in [-0.05, 0) is 63.7 Å². The van der Waals surface area contributed by atoms with Gasteiger partial charge in [0.1, 0.15) is 5.69 Å². The third-order valence-corrected chi connectivity index (χ3v) is 7.19. The highest BCUT2D eigenvalue weighted by Gasteiger charge is 2.21. The number of rotatable bonds is 5. The Balaban J connectivity index is 1.73. The quantitative estimate of drug-likeness (QED) is 0.360. The lowest BCUT2D eigenvalue weighted by atomic mass is 9.87. The van der Waals surface area contributed by atoms with Gasteiger partial charge in [0, 0.05) is 22.2 Å². The van der Waals surface area contributed by atoms with Crippen LogP contribution in [0.5, 0.6) is 0 Å². The van der Waals surface area contributed by atoms with Crippen molar-refractivity contribution in [3.05, 3.63) is 70.5 Å². The third-order valence-electron chi connectivity index (χ3n) is 5.11. The minimum atomic E-state index is -3.79. The number of carboxylic acids is 1. The van der Waals surface area contributed by atoms with Crippen molar-refractivity contribution >= 4 is 43.9 Å². The molecule has 0 spiro atoms. The van der Waals surface area contributed by atoms with Crippen molar-refractivity contribution in [2.45, 2.75) is 31.1 Å². The van der Waals surface area contributed by atoms with Crippen LogP contribution in [0.15, 0.2) is 64.2 Å². The monoisotopic (exact) mass is 454 g/mol. The van der Waals surface area contributed by atoms with Gasteiger partial charge < -0.3 is 10.1 Å². The highest BCUT2D eigenvalue weighted by Crippen LogP contribution is 2.35. The van der Waals surface area contributed by atoms with Gasteiger partial charge in [0.25, 0.3) is 10.0 Å². The molecule has 0 unspecified atom stereocenters. The number of carbonyl (C=O) groups is 1. The highest BCUT2D eigenvalue weighted by atomic mass is 32.2. The molecule has 0 saturated heterocycles. The van der Waals surface area contributed by atoms with E-state index in [1.165, 1.54) is 11.3 Å². The molecule has 6 nitrogen and oxygen atoms in total. The molecule has 2 aromatic heterocycles. The van der Waals surface area contributed by atoms with E-state index < -0.39 is 16.0 Å². The largest absolute Gasteiger partial charge is 0.477 e. The number of H-pyrrole nitrogens is 1. The topological polar surface area (TPSA) is 99.3 Å². The fourth-order valence-electron chi connectivity index (χ4n) is 3.47. The van der Waals surface area contributed by atoms with Crippen LogP contribution in [0.4, 0.5) is 5.69 Å². The number of anilines is 1. The molecule has 0 atom stereocenters. The van der Waals surface area contributed by atoms with Crippen molar-refractivity contribution in [2.24, 2.45) is 0 Å². The first-order chi connectivity index (χ1) is 14.6. The fraction of sp³-hybridized carbons (Fsp3) is 0.174. The van der Waals surface area contributed by atoms with Crippen LogP contribution < -0.4 is 4.72 Å². The second-order valence-corrected chi connectivity index (χ2v) is 10.8. The summed E-state index contributed by atoms with van der Waals surface area (Å²) in [6.07, 6.45) is 0. The standard InChI is InChI=1S/C23H22N2O4S2/c1-23(2,3)15-4-7-17(8-5-15)31(28,29)25-16-6-9-19-18(12-16)20(14-10-11-30-13-14)21(24-19)22(26)27/h4-13,24-25H,1-3H3,(H,26,27). The van der Waals surface area contributed by atoms with Gasteiger partial charge >= 0.3 is 5.97 Å². The maximum absolute atomic E-state index is 12.9. The molecule has 0 aliphatic carbocycles. The second kappa shape index (κ2) is 7.55. The summed E-state index contributed by atoms with van der Waals surface area (Å²) < 4.78 is 28.4. The average molecular weight is 455 g/mol. The Kier molecular flexibility index (Phi) is 5.15. The summed E-state index contributed by atoms with van der Waals surface area (Å²) >= 11 is 1.46. The van der Waals surface area contributed by atoms with E-state index in [9.17, 15) is 18.3 Å². The Morgan fingerprint density at radius 3 is 2.35 bits per heavy atom. The molecule has 2 heterocycles. The Labute approximate surface area is 184 Å². The first-order valence-corrected chi connectivity index (χ1v) is 12.0. The van der Waals surface area contributed by atoms with E-state index in [1.54, 1.807) is 30.3 Å². The minimum absolute atomic E-state index is 0.0745. The lowest BCUT2D eigenvalue weighted by molar-refractivity contribution is 0.0692. The normalized spacial score (nSPS) is 12.2. The van der Waals surface area contributed by atoms with E-state index in [4.69, 9.17) is 0 Å². The summed E-state index contributed by atoms with van der Waals surface area (Å²) in [5.41, 5.74) is 3.34. The molecule has 0 fully saturated rings. The number of aromatic carboxylic acids is 1. The van der Waals surface area contributed by atoms with Crippen LogP contribution in [0.3, 0.4) is 0 Å². The molecule has 0 saturated carbocycles. The second-order valence-electron chi connectivity index (χ2n) is 8.33. The van der Waals surface area contributed by atoms with Crippen LogP contribution in [0, 0.1) is 0 Å². The van der Waals surface area contributed by atoms with Gasteiger partial charge in [0.05, 0.1) is 4.90 Å². The number of fused-ring (bicyclic) bond motifs is 1. The zero-order valence-corrected chi connectivity index (χ0v) is 18.9. The van der Waals surface area contributed by atoms with Gasteiger partial charge in [0.15, 0.2) is 0 Å². The molecule has 3 N–H and O–H groups in total. The zero-order chi connectivity index (χ0) is 22.4. The van der Waals surface area contributed by atoms with E-state index >= 15 is 0 Å². The van der Waals surface area contributed by atoms with Crippen LogP contribution in [0.25, 0.3) is 22.0 Å². The molecule has 0 bridgehead atoms. The van der Waals surface area contributed by atoms with Gasteiger partial charge in [0.2, 0.25) is 0 Å². The molecule has 0 radical (unpaired) electrons. The van der Waals surface area contributed by atoms with Crippen molar-refractivity contribution in [1.82, 2.24) is 4.98 Å². The van der Waals surface area contributed by atoms with Gasteiger partial charge in [-0.3, -0.25) is 4.72 Å². The predicted octanol–water partition coefficient (Wildman–Crippen LogP) is 5.69. The number of carboxylic acid groups (broad SMARTS) is 1. The van der Waals surface area contributed by atoms with Crippen LogP contribution >= 0.6 is 11.3 Å². The van der Waals surface area contributed by atoms with Crippen LogP contribution in [-0.4, -0.2) is 24.5 Å². The van der Waals surface area contributed by atoms with E-state index in [0.29, 0.717) is 22.2 Å². The van der Waals surface area contributed by atoms with E-state index in [1.807, 2.05) is 29.0 Å². The van der Waals surface area contributed by atoms with Gasteiger partial charge in [-0.15, -0.1) is 0 Å². The Morgan fingerprint density at radius 1 is 1.06 bits per heavy atom. The molecule has 0 aliphatic heterocycles. The van der Waals surface area contributed by atoms with Gasteiger partial charge in [-0.1, -0.05) is 32.9 Å². The van der Waals surface area contributed by atoms with E-state index in [0.717, 1.165) is 11.1 Å². The number of benzene rings is 2. The van der Waals surface area contributed by atoms with Crippen LogP contribution in [0.2, 0.25) is 0 Å². The molecule has 2 aromatic carbocycles. The number of aromatic nitrogens is 1. The summed E-state index contributed by atoms with van der Waals surface area (Å²) in [6.45, 7) is 6.20. The third kappa shape index (κ3) is 4.08. The predicted molar refractivity (Wildman–Crippen MR) is 125 cm³/mol. The molecule has 0 aliphatic rings. The maximum atomic E-state index is 12.9.